The largest absolute Gasteiger partial charge is 0.492 e. The predicted octanol–water partition coefficient (Wildman–Crippen LogP) is 3.63. The number of rotatable bonds is 7. The van der Waals surface area contributed by atoms with Gasteiger partial charge in [0.1, 0.15) is 11.3 Å². The lowest BCUT2D eigenvalue weighted by Crippen LogP contribution is -2.54. The Morgan fingerprint density at radius 3 is 2.73 bits per heavy atom. The Kier molecular flexibility index (Phi) is 7.51. The number of hydrogen-bond acceptors (Lipinski definition) is 7. The number of aliphatic hydroxyl groups excluding tert-OH is 2. The van der Waals surface area contributed by atoms with Gasteiger partial charge in [-0.25, -0.2) is 4.79 Å². The number of allylic oxidation sites excluding steroid dienone is 1. The first-order chi connectivity index (χ1) is 15.9. The van der Waals surface area contributed by atoms with Gasteiger partial charge in [-0.05, 0) is 37.7 Å². The van der Waals surface area contributed by atoms with E-state index in [1.165, 1.54) is 7.11 Å². The van der Waals surface area contributed by atoms with Crippen LogP contribution in [0.15, 0.2) is 34.7 Å². The molecule has 0 aromatic rings. The summed E-state index contributed by atoms with van der Waals surface area (Å²) in [5.41, 5.74) is 0.126. The minimum Gasteiger partial charge on any atom is -0.492 e. The van der Waals surface area contributed by atoms with Crippen LogP contribution < -0.4 is 0 Å². The van der Waals surface area contributed by atoms with E-state index >= 15 is 0 Å². The number of piperidine rings is 1. The summed E-state index contributed by atoms with van der Waals surface area (Å²) in [4.78, 5) is 14.8. The zero-order valence-corrected chi connectivity index (χ0v) is 20.4. The second-order valence-electron chi connectivity index (χ2n) is 10.3. The van der Waals surface area contributed by atoms with E-state index in [9.17, 15) is 15.0 Å². The number of nitrogens with zero attached hydrogens (tertiary/aromatic N) is 1. The number of fused-ring (bicyclic) bond motifs is 3. The summed E-state index contributed by atoms with van der Waals surface area (Å²) in [6.45, 7) is 7.05. The van der Waals surface area contributed by atoms with E-state index in [0.29, 0.717) is 17.4 Å². The van der Waals surface area contributed by atoms with Gasteiger partial charge in [-0.1, -0.05) is 40.0 Å². The third-order valence-electron chi connectivity index (χ3n) is 7.74. The van der Waals surface area contributed by atoms with Gasteiger partial charge in [-0.3, -0.25) is 4.90 Å². The molecule has 7 nitrogen and oxygen atoms in total. The van der Waals surface area contributed by atoms with Gasteiger partial charge in [0.2, 0.25) is 5.76 Å². The molecular formula is C26H39NO6. The zero-order chi connectivity index (χ0) is 23.7. The Balaban J connectivity index is 1.58. The molecule has 0 bridgehead atoms. The molecule has 184 valence electrons. The Hall–Kier alpha value is -1.83. The quantitative estimate of drug-likeness (QED) is 0.560. The van der Waals surface area contributed by atoms with Crippen LogP contribution in [0.1, 0.15) is 65.7 Å². The Morgan fingerprint density at radius 2 is 2.03 bits per heavy atom. The van der Waals surface area contributed by atoms with E-state index in [2.05, 4.69) is 31.7 Å². The van der Waals surface area contributed by atoms with E-state index in [1.807, 2.05) is 0 Å². The van der Waals surface area contributed by atoms with Gasteiger partial charge in [-0.2, -0.15) is 0 Å². The minimum absolute atomic E-state index is 0.00956. The summed E-state index contributed by atoms with van der Waals surface area (Å²) < 4.78 is 17.2. The van der Waals surface area contributed by atoms with Crippen molar-refractivity contribution < 1.29 is 29.2 Å². The van der Waals surface area contributed by atoms with Crippen LogP contribution in [0.5, 0.6) is 0 Å². The average molecular weight is 462 g/mol. The maximum Gasteiger partial charge on any atom is 0.345 e. The number of ether oxygens (including phenoxy) is 3. The van der Waals surface area contributed by atoms with Crippen LogP contribution in [-0.4, -0.2) is 59.5 Å². The zero-order valence-electron chi connectivity index (χ0n) is 20.4. The van der Waals surface area contributed by atoms with Crippen LogP contribution in [-0.2, 0) is 19.0 Å². The highest BCUT2D eigenvalue weighted by Crippen LogP contribution is 2.49. The van der Waals surface area contributed by atoms with Gasteiger partial charge >= 0.3 is 5.97 Å². The first-order valence-electron chi connectivity index (χ1n) is 12.5. The van der Waals surface area contributed by atoms with Gasteiger partial charge in [0.15, 0.2) is 11.5 Å². The minimum atomic E-state index is -0.586. The summed E-state index contributed by atoms with van der Waals surface area (Å²) in [6, 6.07) is 0.446. The molecule has 2 saturated heterocycles. The van der Waals surface area contributed by atoms with Gasteiger partial charge in [-0.15, -0.1) is 0 Å². The van der Waals surface area contributed by atoms with Crippen LogP contribution >= 0.6 is 0 Å². The summed E-state index contributed by atoms with van der Waals surface area (Å²) in [5, 5.41) is 20.7. The first-order valence-corrected chi connectivity index (χ1v) is 12.5. The molecule has 0 radical (unpaired) electrons. The average Bonchev–Trinajstić information content (AvgIpc) is 3.20. The van der Waals surface area contributed by atoms with E-state index in [0.717, 1.165) is 57.2 Å². The topological polar surface area (TPSA) is 88.5 Å². The molecule has 0 aromatic heterocycles. The number of cyclic esters (lactones) is 1. The number of carbonyl (C=O) groups is 1. The second-order valence-corrected chi connectivity index (χ2v) is 10.3. The molecule has 2 fully saturated rings. The van der Waals surface area contributed by atoms with Crippen LogP contribution in [0.4, 0.5) is 0 Å². The van der Waals surface area contributed by atoms with Crippen molar-refractivity contribution in [1.82, 2.24) is 4.90 Å². The molecule has 0 spiro atoms. The summed E-state index contributed by atoms with van der Waals surface area (Å²) in [5.74, 6) is 2.28. The van der Waals surface area contributed by atoms with Gasteiger partial charge < -0.3 is 24.4 Å². The van der Waals surface area contributed by atoms with Crippen LogP contribution in [0.3, 0.4) is 0 Å². The highest BCUT2D eigenvalue weighted by molar-refractivity contribution is 5.94. The Bertz CT molecular complexity index is 844. The molecule has 33 heavy (non-hydrogen) atoms. The van der Waals surface area contributed by atoms with Gasteiger partial charge in [0.25, 0.3) is 0 Å². The first kappa shape index (κ1) is 24.3. The number of esters is 1. The molecule has 5 unspecified atom stereocenters. The van der Waals surface area contributed by atoms with Crippen molar-refractivity contribution in [2.45, 2.75) is 83.9 Å². The fourth-order valence-electron chi connectivity index (χ4n) is 6.12. The highest BCUT2D eigenvalue weighted by atomic mass is 16.6. The van der Waals surface area contributed by atoms with Crippen molar-refractivity contribution in [3.63, 3.8) is 0 Å². The number of hydrogen-bond donors (Lipinski definition) is 2. The third-order valence-corrected chi connectivity index (χ3v) is 7.74. The molecule has 5 atom stereocenters. The molecular weight excluding hydrogens is 422 g/mol. The smallest absolute Gasteiger partial charge is 0.345 e. The molecule has 4 aliphatic heterocycles. The van der Waals surface area contributed by atoms with Crippen molar-refractivity contribution in [2.75, 3.05) is 20.3 Å². The summed E-state index contributed by atoms with van der Waals surface area (Å²) in [7, 11) is 1.47. The van der Waals surface area contributed by atoms with E-state index in [-0.39, 0.29) is 41.4 Å². The molecule has 2 N–H and O–H groups in total. The molecule has 0 aromatic carbocycles. The second kappa shape index (κ2) is 10.2. The van der Waals surface area contributed by atoms with Gasteiger partial charge in [0.05, 0.1) is 19.8 Å². The van der Waals surface area contributed by atoms with E-state index in [1.54, 1.807) is 0 Å². The third kappa shape index (κ3) is 4.60. The van der Waals surface area contributed by atoms with Crippen molar-refractivity contribution in [2.24, 2.45) is 17.8 Å². The molecule has 0 aliphatic carbocycles. The lowest BCUT2D eigenvalue weighted by molar-refractivity contribution is -0.133. The fourth-order valence-corrected chi connectivity index (χ4v) is 6.12. The normalized spacial score (nSPS) is 33.3. The van der Waals surface area contributed by atoms with Crippen LogP contribution in [0.25, 0.3) is 0 Å². The van der Waals surface area contributed by atoms with Crippen LogP contribution in [0.2, 0.25) is 0 Å². The van der Waals surface area contributed by atoms with Gasteiger partial charge in [0, 0.05) is 30.5 Å². The van der Waals surface area contributed by atoms with Crippen molar-refractivity contribution in [3.05, 3.63) is 34.7 Å². The number of carbonyl (C=O) groups excluding carboxylic acids is 1. The van der Waals surface area contributed by atoms with Crippen molar-refractivity contribution >= 4 is 5.97 Å². The monoisotopic (exact) mass is 461 g/mol. The molecule has 4 rings (SSSR count). The SMILES string of the molecule is COC1=C(CO)C(=O)OC1=C1OC2=CCCN3C(C(O)CCCC(C)C)CCCC3C2C1C. The van der Waals surface area contributed by atoms with Crippen molar-refractivity contribution in [3.8, 4) is 0 Å². The molecule has 4 aliphatic rings. The summed E-state index contributed by atoms with van der Waals surface area (Å²) >= 11 is 0. The molecule has 0 amide bonds. The maximum atomic E-state index is 12.2. The highest BCUT2D eigenvalue weighted by Gasteiger charge is 2.50. The Morgan fingerprint density at radius 1 is 1.24 bits per heavy atom. The maximum absolute atomic E-state index is 12.2. The van der Waals surface area contributed by atoms with Crippen molar-refractivity contribution in [1.29, 1.82) is 0 Å². The molecule has 7 heteroatoms. The fraction of sp³-hybridized carbons (Fsp3) is 0.731. The van der Waals surface area contributed by atoms with E-state index < -0.39 is 12.6 Å². The lowest BCUT2D eigenvalue weighted by Gasteiger charge is -2.46. The van der Waals surface area contributed by atoms with Crippen LogP contribution in [0, 0.1) is 17.8 Å². The predicted molar refractivity (Wildman–Crippen MR) is 124 cm³/mol. The Labute approximate surface area is 197 Å². The lowest BCUT2D eigenvalue weighted by atomic mass is 9.79. The standard InChI is InChI=1S/C26H39NO6/c1-15(2)8-5-11-20(29)18-9-6-10-19-22-16(3)23(32-21(22)12-7-13-27(18)19)25-24(31-4)17(14-28)26(30)33-25/h12,15-16,18-20,22,28-29H,5-11,13-14H2,1-4H3. The molecule has 0 saturated carbocycles. The number of aliphatic hydroxyl groups is 2. The number of methoxy groups -OCH3 is 1. The molecule has 4 heterocycles. The van der Waals surface area contributed by atoms with E-state index in [4.69, 9.17) is 14.2 Å². The summed E-state index contributed by atoms with van der Waals surface area (Å²) in [6.07, 6.45) is 8.93.